The minimum absolute atomic E-state index is 0. The third-order valence-corrected chi connectivity index (χ3v) is 0. The Bertz CT molecular complexity index is 11.5. The Kier molecular flexibility index (Phi) is 151. The monoisotopic (exact) mass is 181 g/mol. The minimum Gasteiger partial charge on any atom is -0.769 e. The third-order valence-electron chi connectivity index (χ3n) is 0. The van der Waals surface area contributed by atoms with Gasteiger partial charge in [0, 0.05) is 0 Å². The number of rotatable bonds is 0. The quantitative estimate of drug-likeness (QED) is 0.355. The molecule has 0 aromatic carbocycles. The van der Waals surface area contributed by atoms with Gasteiger partial charge in [-0.05, 0) is 0 Å². The van der Waals surface area contributed by atoms with E-state index in [0.29, 0.717) is 0 Å². The Balaban J connectivity index is -0.00000000500. The van der Waals surface area contributed by atoms with Crippen LogP contribution in [0.2, 0.25) is 0 Å². The van der Waals surface area contributed by atoms with E-state index in [0.717, 1.165) is 0 Å². The van der Waals surface area contributed by atoms with Crippen molar-refractivity contribution >= 4 is 61.5 Å². The van der Waals surface area contributed by atoms with Crippen molar-refractivity contribution in [3.63, 3.8) is 0 Å². The summed E-state index contributed by atoms with van der Waals surface area (Å²) in [6, 6.07) is 0. The molecule has 0 radical (unpaired) electrons. The van der Waals surface area contributed by atoms with E-state index in [2.05, 4.69) is 23.7 Å². The third kappa shape index (κ3) is 26.2. The van der Waals surface area contributed by atoms with Crippen molar-refractivity contribution < 1.29 is 60.7 Å². The molecule has 0 amide bonds. The summed E-state index contributed by atoms with van der Waals surface area (Å²) in [4.78, 5) is 0. The van der Waals surface area contributed by atoms with E-state index in [1.807, 2.05) is 0 Å². The van der Waals surface area contributed by atoms with Crippen LogP contribution < -0.4 is 60.7 Å². The molecular formula is CaCl2KO2+. The molecule has 2 nitrogen and oxygen atoms in total. The zero-order chi connectivity index (χ0) is 4.00. The van der Waals surface area contributed by atoms with Gasteiger partial charge in [0.2, 0.25) is 0 Å². The van der Waals surface area contributed by atoms with Gasteiger partial charge in [0.15, 0.2) is 0 Å². The Labute approximate surface area is 119 Å². The molecule has 0 bridgehead atoms. The van der Waals surface area contributed by atoms with Gasteiger partial charge in [-0.25, -0.2) is 23.7 Å². The molecule has 0 atom stereocenters. The topological polar surface area (TPSA) is 46.1 Å². The second kappa shape index (κ2) is 39.8. The van der Waals surface area contributed by atoms with Crippen LogP contribution in [0.4, 0.5) is 0 Å². The second-order valence-corrected chi connectivity index (χ2v) is 0. The normalized spacial score (nSPS) is 2.00. The van der Waals surface area contributed by atoms with Crippen molar-refractivity contribution in [1.82, 2.24) is 0 Å². The average Bonchev–Trinajstić information content (AvgIpc) is 1.50. The summed E-state index contributed by atoms with van der Waals surface area (Å²) in [6.07, 6.45) is 0. The molecule has 0 saturated carbocycles. The van der Waals surface area contributed by atoms with Crippen molar-refractivity contribution in [2.24, 2.45) is 0 Å². The fraction of sp³-hybridized carbons (Fsp3) is 0. The molecule has 0 fully saturated rings. The molecule has 0 aromatic rings. The first-order valence-corrected chi connectivity index (χ1v) is 0.926. The van der Waals surface area contributed by atoms with Gasteiger partial charge in [-0.3, -0.25) is 0 Å². The number of halogens is 2. The Hall–Kier alpha value is 3.40. The van der Waals surface area contributed by atoms with Crippen LogP contribution in [0.1, 0.15) is 0 Å². The molecule has 0 aliphatic carbocycles. The summed E-state index contributed by atoms with van der Waals surface area (Å²) < 4.78 is 15.4. The second-order valence-electron chi connectivity index (χ2n) is 0. The molecule has 0 saturated heterocycles. The van der Waals surface area contributed by atoms with Gasteiger partial charge < -0.3 is 9.32 Å². The first-order chi connectivity index (χ1) is 2.00. The smallest absolute Gasteiger partial charge is 0.769 e. The molecule has 6 heteroatoms. The van der Waals surface area contributed by atoms with E-state index in [-0.39, 0.29) is 89.1 Å². The molecule has 0 aliphatic heterocycles. The van der Waals surface area contributed by atoms with E-state index >= 15 is 0 Å². The summed E-state index contributed by atoms with van der Waals surface area (Å²) in [7, 11) is 0. The molecule has 6 heavy (non-hydrogen) atoms. The van der Waals surface area contributed by atoms with Crippen molar-refractivity contribution in [2.45, 2.75) is 0 Å². The van der Waals surface area contributed by atoms with E-state index in [4.69, 9.17) is 9.32 Å². The SMILES string of the molecule is [Ca+2].[K+].[O-]Cl.[O-]Cl. The molecule has 0 aromatic heterocycles. The maximum Gasteiger partial charge on any atom is 2.00 e. The predicted molar refractivity (Wildman–Crippen MR) is 17.5 cm³/mol. The molecule has 0 N–H and O–H groups in total. The van der Waals surface area contributed by atoms with Crippen LogP contribution in [0.3, 0.4) is 0 Å². The van der Waals surface area contributed by atoms with Gasteiger partial charge in [-0.2, -0.15) is 0 Å². The minimum atomic E-state index is 0. The van der Waals surface area contributed by atoms with E-state index < -0.39 is 0 Å². The zero-order valence-electron chi connectivity index (χ0n) is 3.28. The van der Waals surface area contributed by atoms with Crippen molar-refractivity contribution in [1.29, 1.82) is 0 Å². The fourth-order valence-corrected chi connectivity index (χ4v) is 0. The van der Waals surface area contributed by atoms with Gasteiger partial charge >= 0.3 is 89.1 Å². The first kappa shape index (κ1) is 22.7. The van der Waals surface area contributed by atoms with Crippen molar-refractivity contribution in [2.75, 3.05) is 0 Å². The Morgan fingerprint density at radius 2 is 0.833 bits per heavy atom. The van der Waals surface area contributed by atoms with Crippen LogP contribution in [-0.2, 0) is 0 Å². The Morgan fingerprint density at radius 1 is 0.833 bits per heavy atom. The fourth-order valence-electron chi connectivity index (χ4n) is 0. The molecule has 0 rings (SSSR count). The zero-order valence-corrected chi connectivity index (χ0v) is 10.1. The molecule has 0 heterocycles. The summed E-state index contributed by atoms with van der Waals surface area (Å²) in [5.41, 5.74) is 0. The number of hydrogen-bond acceptors (Lipinski definition) is 2. The molecule has 28 valence electrons. The van der Waals surface area contributed by atoms with Crippen LogP contribution in [0.25, 0.3) is 0 Å². The van der Waals surface area contributed by atoms with E-state index in [1.54, 1.807) is 0 Å². The standard InChI is InChI=1S/Ca.2ClO.K/c;2*1-2;/q+2;2*-1;+1. The molecule has 0 spiro atoms. The average molecular weight is 182 g/mol. The van der Waals surface area contributed by atoms with Crippen LogP contribution in [0, 0.1) is 0 Å². The van der Waals surface area contributed by atoms with Crippen LogP contribution in [0.5, 0.6) is 0 Å². The largest absolute Gasteiger partial charge is 2.00 e. The van der Waals surface area contributed by atoms with Gasteiger partial charge in [0.05, 0.1) is 0 Å². The van der Waals surface area contributed by atoms with Gasteiger partial charge in [-0.1, -0.05) is 0 Å². The van der Waals surface area contributed by atoms with E-state index in [1.165, 1.54) is 0 Å². The van der Waals surface area contributed by atoms with Crippen LogP contribution >= 0.6 is 23.7 Å². The maximum absolute atomic E-state index is 7.72. The summed E-state index contributed by atoms with van der Waals surface area (Å²) in [6.45, 7) is 0. The molecule has 0 unspecified atom stereocenters. The molecular weight excluding hydrogens is 182 g/mol. The summed E-state index contributed by atoms with van der Waals surface area (Å²) >= 11 is 6.78. The molecule has 0 aliphatic rings. The van der Waals surface area contributed by atoms with Gasteiger partial charge in [-0.15, -0.1) is 0 Å². The maximum atomic E-state index is 7.72. The van der Waals surface area contributed by atoms with Gasteiger partial charge in [0.1, 0.15) is 0 Å². The van der Waals surface area contributed by atoms with Crippen LogP contribution in [-0.4, -0.2) is 37.7 Å². The predicted octanol–water partition coefficient (Wildman–Crippen LogP) is -4.38. The summed E-state index contributed by atoms with van der Waals surface area (Å²) in [5.74, 6) is 0. The van der Waals surface area contributed by atoms with Crippen molar-refractivity contribution in [3.8, 4) is 0 Å². The van der Waals surface area contributed by atoms with Crippen LogP contribution in [0.15, 0.2) is 0 Å². The van der Waals surface area contributed by atoms with Gasteiger partial charge in [0.25, 0.3) is 0 Å². The summed E-state index contributed by atoms with van der Waals surface area (Å²) in [5, 5.41) is 0. The first-order valence-electron chi connectivity index (χ1n) is 0.309. The van der Waals surface area contributed by atoms with Crippen molar-refractivity contribution in [3.05, 3.63) is 0 Å². The number of hydrogen-bond donors (Lipinski definition) is 0. The Morgan fingerprint density at radius 3 is 0.833 bits per heavy atom. The van der Waals surface area contributed by atoms with E-state index in [9.17, 15) is 0 Å².